The van der Waals surface area contributed by atoms with Crippen LogP contribution in [0, 0.1) is 16.0 Å². The van der Waals surface area contributed by atoms with Crippen molar-refractivity contribution in [3.05, 3.63) is 39.9 Å². The van der Waals surface area contributed by atoms with E-state index < -0.39 is 16.8 Å². The Labute approximate surface area is 92.9 Å². The molecular formula is C11H12NO4-. The van der Waals surface area contributed by atoms with E-state index >= 15 is 0 Å². The highest BCUT2D eigenvalue weighted by molar-refractivity contribution is 5.74. The Morgan fingerprint density at radius 3 is 2.06 bits per heavy atom. The van der Waals surface area contributed by atoms with E-state index in [0.717, 1.165) is 0 Å². The Morgan fingerprint density at radius 1 is 1.25 bits per heavy atom. The summed E-state index contributed by atoms with van der Waals surface area (Å²) in [4.78, 5) is 20.8. The number of carboxylic acids is 1. The molecule has 0 aliphatic rings. The van der Waals surface area contributed by atoms with Gasteiger partial charge in [-0.05, 0) is 11.5 Å². The second-order valence-corrected chi connectivity index (χ2v) is 3.89. The standard InChI is InChI=1S/C11H13NO4/c1-7(2)10(11(13)14)8-3-5-9(6-4-8)12(15)16/h3-7,10H,1-2H3,(H,13,14)/p-1/t10-/m0/s1. The highest BCUT2D eigenvalue weighted by Gasteiger charge is 2.17. The topological polar surface area (TPSA) is 83.3 Å². The zero-order valence-corrected chi connectivity index (χ0v) is 9.04. The molecule has 1 atom stereocenters. The summed E-state index contributed by atoms with van der Waals surface area (Å²) < 4.78 is 0. The van der Waals surface area contributed by atoms with Crippen molar-refractivity contribution in [2.45, 2.75) is 19.8 Å². The van der Waals surface area contributed by atoms with Crippen LogP contribution in [-0.4, -0.2) is 10.9 Å². The van der Waals surface area contributed by atoms with Crippen LogP contribution in [0.4, 0.5) is 5.69 Å². The van der Waals surface area contributed by atoms with Crippen LogP contribution in [0.25, 0.3) is 0 Å². The van der Waals surface area contributed by atoms with Crippen LogP contribution in [0.3, 0.4) is 0 Å². The van der Waals surface area contributed by atoms with E-state index in [2.05, 4.69) is 0 Å². The number of non-ortho nitro benzene ring substituents is 1. The minimum Gasteiger partial charge on any atom is -0.549 e. The summed E-state index contributed by atoms with van der Waals surface area (Å²) >= 11 is 0. The molecule has 1 aromatic rings. The lowest BCUT2D eigenvalue weighted by Crippen LogP contribution is -2.32. The number of aliphatic carboxylic acids is 1. The van der Waals surface area contributed by atoms with Gasteiger partial charge in [-0.3, -0.25) is 10.1 Å². The van der Waals surface area contributed by atoms with Crippen LogP contribution in [0.1, 0.15) is 25.3 Å². The Bertz CT molecular complexity index is 397. The summed E-state index contributed by atoms with van der Waals surface area (Å²) in [6, 6.07) is 5.51. The van der Waals surface area contributed by atoms with E-state index in [1.54, 1.807) is 13.8 Å². The van der Waals surface area contributed by atoms with Gasteiger partial charge in [-0.2, -0.15) is 0 Å². The lowest BCUT2D eigenvalue weighted by Gasteiger charge is -2.22. The molecule has 0 fully saturated rings. The molecule has 0 aliphatic carbocycles. The second kappa shape index (κ2) is 4.74. The van der Waals surface area contributed by atoms with Crippen molar-refractivity contribution in [1.82, 2.24) is 0 Å². The second-order valence-electron chi connectivity index (χ2n) is 3.89. The zero-order valence-electron chi connectivity index (χ0n) is 9.04. The molecular weight excluding hydrogens is 210 g/mol. The van der Waals surface area contributed by atoms with E-state index in [9.17, 15) is 20.0 Å². The van der Waals surface area contributed by atoms with Gasteiger partial charge in [0.1, 0.15) is 0 Å². The molecule has 0 spiro atoms. The molecule has 0 N–H and O–H groups in total. The Kier molecular flexibility index (Phi) is 3.60. The minimum absolute atomic E-state index is 0.0513. The summed E-state index contributed by atoms with van der Waals surface area (Å²) in [7, 11) is 0. The van der Waals surface area contributed by atoms with E-state index in [-0.39, 0.29) is 11.6 Å². The first-order valence-electron chi connectivity index (χ1n) is 4.88. The zero-order chi connectivity index (χ0) is 12.3. The van der Waals surface area contributed by atoms with Crippen molar-refractivity contribution in [3.63, 3.8) is 0 Å². The molecule has 0 saturated carbocycles. The van der Waals surface area contributed by atoms with Gasteiger partial charge in [-0.25, -0.2) is 0 Å². The molecule has 0 saturated heterocycles. The van der Waals surface area contributed by atoms with Gasteiger partial charge in [0.25, 0.3) is 5.69 Å². The molecule has 5 heteroatoms. The molecule has 1 aromatic carbocycles. The van der Waals surface area contributed by atoms with Crippen LogP contribution in [0.2, 0.25) is 0 Å². The van der Waals surface area contributed by atoms with Crippen LogP contribution < -0.4 is 5.11 Å². The monoisotopic (exact) mass is 222 g/mol. The van der Waals surface area contributed by atoms with E-state index in [1.165, 1.54) is 24.3 Å². The fourth-order valence-electron chi connectivity index (χ4n) is 1.60. The van der Waals surface area contributed by atoms with E-state index in [0.29, 0.717) is 5.56 Å². The van der Waals surface area contributed by atoms with Gasteiger partial charge in [0.2, 0.25) is 0 Å². The van der Waals surface area contributed by atoms with Gasteiger partial charge in [0.05, 0.1) is 4.92 Å². The molecule has 5 nitrogen and oxygen atoms in total. The number of benzene rings is 1. The maximum atomic E-state index is 10.9. The first-order valence-corrected chi connectivity index (χ1v) is 4.88. The van der Waals surface area contributed by atoms with Gasteiger partial charge >= 0.3 is 0 Å². The predicted octanol–water partition coefficient (Wildman–Crippen LogP) is 1.08. The van der Waals surface area contributed by atoms with Crippen LogP contribution >= 0.6 is 0 Å². The Balaban J connectivity index is 3.03. The average molecular weight is 222 g/mol. The van der Waals surface area contributed by atoms with Gasteiger partial charge in [0, 0.05) is 24.0 Å². The minimum atomic E-state index is -1.16. The Morgan fingerprint density at radius 2 is 1.75 bits per heavy atom. The highest BCUT2D eigenvalue weighted by Crippen LogP contribution is 2.25. The van der Waals surface area contributed by atoms with Crippen molar-refractivity contribution < 1.29 is 14.8 Å². The SMILES string of the molecule is CC(C)[C@H](C(=O)[O-])c1ccc([N+](=O)[O-])cc1. The lowest BCUT2D eigenvalue weighted by atomic mass is 9.88. The summed E-state index contributed by atoms with van der Waals surface area (Å²) in [5.74, 6) is -2.02. The molecule has 0 aromatic heterocycles. The molecule has 16 heavy (non-hydrogen) atoms. The summed E-state index contributed by atoms with van der Waals surface area (Å²) in [5.41, 5.74) is 0.477. The van der Waals surface area contributed by atoms with E-state index in [1.807, 2.05) is 0 Å². The van der Waals surface area contributed by atoms with Crippen molar-refractivity contribution in [3.8, 4) is 0 Å². The molecule has 0 radical (unpaired) electrons. The fourth-order valence-corrected chi connectivity index (χ4v) is 1.60. The third-order valence-corrected chi connectivity index (χ3v) is 2.38. The van der Waals surface area contributed by atoms with Crippen LogP contribution in [0.15, 0.2) is 24.3 Å². The third-order valence-electron chi connectivity index (χ3n) is 2.38. The molecule has 0 unspecified atom stereocenters. The predicted molar refractivity (Wildman–Crippen MR) is 55.7 cm³/mol. The van der Waals surface area contributed by atoms with Gasteiger partial charge < -0.3 is 9.90 Å². The normalized spacial score (nSPS) is 12.4. The Hall–Kier alpha value is -1.91. The van der Waals surface area contributed by atoms with E-state index in [4.69, 9.17) is 0 Å². The van der Waals surface area contributed by atoms with Crippen molar-refractivity contribution in [2.24, 2.45) is 5.92 Å². The average Bonchev–Trinajstić information content (AvgIpc) is 2.17. The van der Waals surface area contributed by atoms with Crippen LogP contribution in [0.5, 0.6) is 0 Å². The van der Waals surface area contributed by atoms with Crippen molar-refractivity contribution in [2.75, 3.05) is 0 Å². The van der Waals surface area contributed by atoms with Crippen molar-refractivity contribution >= 4 is 11.7 Å². The number of hydrogen-bond donors (Lipinski definition) is 0. The number of rotatable bonds is 4. The number of hydrogen-bond acceptors (Lipinski definition) is 4. The number of nitro groups is 1. The summed E-state index contributed by atoms with van der Waals surface area (Å²) in [6.07, 6.45) is 0. The summed E-state index contributed by atoms with van der Waals surface area (Å²) in [5, 5.41) is 21.3. The quantitative estimate of drug-likeness (QED) is 0.563. The molecule has 0 bridgehead atoms. The molecule has 0 aliphatic heterocycles. The first kappa shape index (κ1) is 12.2. The number of carboxylic acid groups (broad SMARTS) is 1. The summed E-state index contributed by atoms with van der Waals surface area (Å²) in [6.45, 7) is 3.53. The maximum absolute atomic E-state index is 10.9. The van der Waals surface area contributed by atoms with Crippen LogP contribution in [-0.2, 0) is 4.79 Å². The lowest BCUT2D eigenvalue weighted by molar-refractivity contribution is -0.384. The number of carbonyl (C=O) groups excluding carboxylic acids is 1. The number of nitro benzene ring substituents is 1. The fraction of sp³-hybridized carbons (Fsp3) is 0.364. The van der Waals surface area contributed by atoms with Gasteiger partial charge in [-0.1, -0.05) is 26.0 Å². The van der Waals surface area contributed by atoms with Gasteiger partial charge in [-0.15, -0.1) is 0 Å². The smallest absolute Gasteiger partial charge is 0.269 e. The maximum Gasteiger partial charge on any atom is 0.269 e. The van der Waals surface area contributed by atoms with Gasteiger partial charge in [0.15, 0.2) is 0 Å². The number of carbonyl (C=O) groups is 1. The van der Waals surface area contributed by atoms with Crippen molar-refractivity contribution in [1.29, 1.82) is 0 Å². The third kappa shape index (κ3) is 2.56. The number of nitrogens with zero attached hydrogens (tertiary/aromatic N) is 1. The molecule has 1 rings (SSSR count). The molecule has 0 amide bonds. The molecule has 0 heterocycles. The molecule has 86 valence electrons. The highest BCUT2D eigenvalue weighted by atomic mass is 16.6. The first-order chi connectivity index (χ1) is 7.43. The largest absolute Gasteiger partial charge is 0.549 e.